The van der Waals surface area contributed by atoms with Crippen LogP contribution < -0.4 is 15.4 Å². The summed E-state index contributed by atoms with van der Waals surface area (Å²) in [5.74, 6) is -5.17. The van der Waals surface area contributed by atoms with Crippen LogP contribution in [0.2, 0.25) is 0 Å². The molecule has 11 heteroatoms. The summed E-state index contributed by atoms with van der Waals surface area (Å²) in [6.07, 6.45) is 6.93. The van der Waals surface area contributed by atoms with Gasteiger partial charge >= 0.3 is 5.92 Å². The number of nitrogens with one attached hydrogen (secondary N) is 2. The van der Waals surface area contributed by atoms with Crippen molar-refractivity contribution in [2.75, 3.05) is 11.9 Å². The molecule has 1 aliphatic carbocycles. The van der Waals surface area contributed by atoms with Gasteiger partial charge in [-0.05, 0) is 45.4 Å². The minimum atomic E-state index is -3.39. The largest absolute Gasteiger partial charge is 0.475 e. The summed E-state index contributed by atoms with van der Waals surface area (Å²) in [6, 6.07) is -0.0848. The number of anilines is 2. The van der Waals surface area contributed by atoms with Crippen molar-refractivity contribution in [3.05, 3.63) is 24.4 Å². The van der Waals surface area contributed by atoms with E-state index in [1.54, 1.807) is 17.1 Å². The molecule has 1 aliphatic rings. The van der Waals surface area contributed by atoms with E-state index >= 15 is 0 Å². The lowest BCUT2D eigenvalue weighted by molar-refractivity contribution is -0.144. The van der Waals surface area contributed by atoms with Crippen molar-refractivity contribution in [1.82, 2.24) is 25.1 Å². The zero-order chi connectivity index (χ0) is 22.6. The van der Waals surface area contributed by atoms with Gasteiger partial charge < -0.3 is 15.4 Å². The van der Waals surface area contributed by atoms with E-state index in [4.69, 9.17) is 4.74 Å². The quantitative estimate of drug-likeness (QED) is 0.648. The molecule has 0 spiro atoms. The average molecular weight is 440 g/mol. The minimum Gasteiger partial charge on any atom is -0.475 e. The maximum Gasteiger partial charge on any atom is 0.321 e. The first-order chi connectivity index (χ1) is 14.6. The third kappa shape index (κ3) is 6.31. The third-order valence-corrected chi connectivity index (χ3v) is 5.14. The van der Waals surface area contributed by atoms with Crippen molar-refractivity contribution in [2.24, 2.45) is 5.92 Å². The van der Waals surface area contributed by atoms with Gasteiger partial charge in [-0.1, -0.05) is 0 Å². The number of hydrogen-bond donors (Lipinski definition) is 2. The highest BCUT2D eigenvalue weighted by atomic mass is 19.3. The maximum absolute atomic E-state index is 14.1. The van der Waals surface area contributed by atoms with Crippen LogP contribution in [0, 0.1) is 11.7 Å². The first kappa shape index (κ1) is 22.8. The molecule has 0 radical (unpaired) electrons. The standard InChI is InChI=1S/C20H27F3N6O2/c1-12(2)29-10-15(8-25-29)27-19-24-9-16(21)17(28-19)31-11-13-4-6-14(7-5-13)26-18(30)20(3,22)23/h8-10,12-14H,4-7,11H2,1-3H3,(H,26,30)(H,24,27,28)/t13-,14-. The minimum absolute atomic E-state index is 0.116. The monoisotopic (exact) mass is 440 g/mol. The molecule has 1 saturated carbocycles. The molecular weight excluding hydrogens is 413 g/mol. The van der Waals surface area contributed by atoms with Gasteiger partial charge in [-0.3, -0.25) is 9.48 Å². The summed E-state index contributed by atoms with van der Waals surface area (Å²) >= 11 is 0. The zero-order valence-corrected chi connectivity index (χ0v) is 17.7. The van der Waals surface area contributed by atoms with E-state index in [-0.39, 0.29) is 36.4 Å². The van der Waals surface area contributed by atoms with Gasteiger partial charge in [0.25, 0.3) is 11.8 Å². The third-order valence-electron chi connectivity index (χ3n) is 5.14. The molecule has 0 unspecified atom stereocenters. The second kappa shape index (κ2) is 9.52. The van der Waals surface area contributed by atoms with Crippen LogP contribution in [0.4, 0.5) is 24.8 Å². The number of carbonyl (C=O) groups is 1. The Morgan fingerprint density at radius 1 is 1.29 bits per heavy atom. The Kier molecular flexibility index (Phi) is 7.01. The molecule has 1 amide bonds. The number of carbonyl (C=O) groups excluding carboxylic acids is 1. The average Bonchev–Trinajstić information content (AvgIpc) is 3.17. The second-order valence-corrected chi connectivity index (χ2v) is 8.16. The Morgan fingerprint density at radius 2 is 2.00 bits per heavy atom. The molecule has 2 heterocycles. The Hall–Kier alpha value is -2.85. The predicted octanol–water partition coefficient (Wildman–Crippen LogP) is 3.85. The van der Waals surface area contributed by atoms with Gasteiger partial charge in [0.15, 0.2) is 0 Å². The zero-order valence-electron chi connectivity index (χ0n) is 17.7. The van der Waals surface area contributed by atoms with Crippen LogP contribution in [0.15, 0.2) is 18.6 Å². The molecule has 3 rings (SSSR count). The molecule has 2 N–H and O–H groups in total. The Labute approximate surface area is 178 Å². The summed E-state index contributed by atoms with van der Waals surface area (Å²) in [5, 5.41) is 9.56. The van der Waals surface area contributed by atoms with Crippen LogP contribution in [0.1, 0.15) is 52.5 Å². The summed E-state index contributed by atoms with van der Waals surface area (Å²) in [6.45, 7) is 4.82. The van der Waals surface area contributed by atoms with Crippen molar-refractivity contribution in [3.8, 4) is 5.88 Å². The van der Waals surface area contributed by atoms with Gasteiger partial charge in [0.1, 0.15) is 0 Å². The van der Waals surface area contributed by atoms with E-state index in [0.29, 0.717) is 38.3 Å². The highest BCUT2D eigenvalue weighted by Gasteiger charge is 2.34. The molecule has 31 heavy (non-hydrogen) atoms. The molecule has 2 aromatic heterocycles. The van der Waals surface area contributed by atoms with Gasteiger partial charge in [0.05, 0.1) is 24.7 Å². The van der Waals surface area contributed by atoms with E-state index < -0.39 is 17.6 Å². The van der Waals surface area contributed by atoms with Crippen LogP contribution in [0.5, 0.6) is 5.88 Å². The molecule has 0 aromatic carbocycles. The highest BCUT2D eigenvalue weighted by Crippen LogP contribution is 2.27. The molecule has 0 atom stereocenters. The molecule has 0 aliphatic heterocycles. The molecule has 2 aromatic rings. The molecule has 170 valence electrons. The Balaban J connectivity index is 1.50. The number of nitrogens with zero attached hydrogens (tertiary/aromatic N) is 4. The van der Waals surface area contributed by atoms with E-state index in [0.717, 1.165) is 6.20 Å². The van der Waals surface area contributed by atoms with Crippen molar-refractivity contribution < 1.29 is 22.7 Å². The van der Waals surface area contributed by atoms with Gasteiger partial charge in [0.2, 0.25) is 11.8 Å². The fraction of sp³-hybridized carbons (Fsp3) is 0.600. The molecular formula is C20H27F3N6O2. The number of amides is 1. The lowest BCUT2D eigenvalue weighted by Gasteiger charge is -2.29. The second-order valence-electron chi connectivity index (χ2n) is 8.16. The first-order valence-corrected chi connectivity index (χ1v) is 10.3. The van der Waals surface area contributed by atoms with E-state index in [2.05, 4.69) is 25.7 Å². The van der Waals surface area contributed by atoms with Crippen molar-refractivity contribution in [2.45, 2.75) is 64.5 Å². The van der Waals surface area contributed by atoms with Crippen LogP contribution >= 0.6 is 0 Å². The summed E-state index contributed by atoms with van der Waals surface area (Å²) in [7, 11) is 0. The smallest absolute Gasteiger partial charge is 0.321 e. The van der Waals surface area contributed by atoms with Gasteiger partial charge in [-0.25, -0.2) is 4.98 Å². The number of rotatable bonds is 8. The van der Waals surface area contributed by atoms with Crippen molar-refractivity contribution in [3.63, 3.8) is 0 Å². The Bertz CT molecular complexity index is 891. The lowest BCUT2D eigenvalue weighted by Crippen LogP contribution is -2.45. The summed E-state index contributed by atoms with van der Waals surface area (Å²) in [4.78, 5) is 19.4. The number of hydrogen-bond acceptors (Lipinski definition) is 6. The molecule has 8 nitrogen and oxygen atoms in total. The fourth-order valence-electron chi connectivity index (χ4n) is 3.31. The molecule has 0 saturated heterocycles. The normalized spacial score (nSPS) is 19.3. The van der Waals surface area contributed by atoms with Crippen molar-refractivity contribution in [1.29, 1.82) is 0 Å². The van der Waals surface area contributed by atoms with E-state index in [9.17, 15) is 18.0 Å². The van der Waals surface area contributed by atoms with Gasteiger partial charge in [0, 0.05) is 25.2 Å². The topological polar surface area (TPSA) is 94.0 Å². The molecule has 1 fully saturated rings. The summed E-state index contributed by atoms with van der Waals surface area (Å²) in [5.41, 5.74) is 0.671. The fourth-order valence-corrected chi connectivity index (χ4v) is 3.31. The highest BCUT2D eigenvalue weighted by molar-refractivity contribution is 5.83. The summed E-state index contributed by atoms with van der Waals surface area (Å²) < 4.78 is 47.4. The predicted molar refractivity (Wildman–Crippen MR) is 108 cm³/mol. The van der Waals surface area contributed by atoms with Crippen LogP contribution in [0.3, 0.4) is 0 Å². The van der Waals surface area contributed by atoms with E-state index in [1.165, 1.54) is 0 Å². The van der Waals surface area contributed by atoms with Crippen LogP contribution in [-0.2, 0) is 4.79 Å². The number of ether oxygens (including phenoxy) is 1. The van der Waals surface area contributed by atoms with E-state index in [1.807, 2.05) is 13.8 Å². The Morgan fingerprint density at radius 3 is 2.61 bits per heavy atom. The molecule has 0 bridgehead atoms. The van der Waals surface area contributed by atoms with Gasteiger partial charge in [-0.2, -0.15) is 23.3 Å². The lowest BCUT2D eigenvalue weighted by atomic mass is 9.86. The number of halogens is 3. The number of aromatic nitrogens is 4. The van der Waals surface area contributed by atoms with Gasteiger partial charge in [-0.15, -0.1) is 0 Å². The van der Waals surface area contributed by atoms with Crippen LogP contribution in [-0.4, -0.2) is 44.2 Å². The van der Waals surface area contributed by atoms with Crippen molar-refractivity contribution >= 4 is 17.5 Å². The first-order valence-electron chi connectivity index (χ1n) is 10.3. The number of alkyl halides is 2. The maximum atomic E-state index is 14.1. The van der Waals surface area contributed by atoms with Crippen LogP contribution in [0.25, 0.3) is 0 Å². The SMILES string of the molecule is CC(C)n1cc(Nc2ncc(F)c(OC[C@H]3CC[C@H](NC(=O)C(C)(F)F)CC3)n2)cn1.